The third kappa shape index (κ3) is 3.90. The fourth-order valence-electron chi connectivity index (χ4n) is 2.23. The first-order valence-electron chi connectivity index (χ1n) is 6.48. The van der Waals surface area contributed by atoms with Gasteiger partial charge in [0.1, 0.15) is 0 Å². The van der Waals surface area contributed by atoms with Crippen molar-refractivity contribution in [3.8, 4) is 0 Å². The molecule has 112 valence electrons. The van der Waals surface area contributed by atoms with E-state index in [4.69, 9.17) is 0 Å². The normalized spacial score (nSPS) is 13.0. The zero-order valence-electron chi connectivity index (χ0n) is 11.6. The summed E-state index contributed by atoms with van der Waals surface area (Å²) < 4.78 is 40.2. The summed E-state index contributed by atoms with van der Waals surface area (Å²) in [6.45, 7) is 3.68. The first kappa shape index (κ1) is 16.1. The lowest BCUT2D eigenvalue weighted by Crippen LogP contribution is -2.15. The van der Waals surface area contributed by atoms with Crippen molar-refractivity contribution in [2.24, 2.45) is 0 Å². The van der Waals surface area contributed by atoms with E-state index >= 15 is 0 Å². The fraction of sp³-hybridized carbons (Fsp3) is 0.250. The molecule has 0 fully saturated rings. The molecule has 0 aliphatic carbocycles. The van der Waals surface area contributed by atoms with Crippen LogP contribution in [0.4, 0.5) is 18.9 Å². The number of halogens is 4. The van der Waals surface area contributed by atoms with Gasteiger partial charge in [-0.15, -0.1) is 0 Å². The number of hydrogen-bond donors (Lipinski definition) is 1. The molecular formula is C16H15F3IN. The van der Waals surface area contributed by atoms with Crippen LogP contribution in [0.5, 0.6) is 0 Å². The van der Waals surface area contributed by atoms with E-state index in [0.717, 1.165) is 20.9 Å². The maximum absolute atomic E-state index is 13.1. The van der Waals surface area contributed by atoms with Crippen LogP contribution in [0.1, 0.15) is 29.7 Å². The number of hydrogen-bond acceptors (Lipinski definition) is 1. The second kappa shape index (κ2) is 6.25. The van der Waals surface area contributed by atoms with Gasteiger partial charge in [0.25, 0.3) is 0 Å². The topological polar surface area (TPSA) is 12.0 Å². The molecule has 1 nitrogen and oxygen atoms in total. The summed E-state index contributed by atoms with van der Waals surface area (Å²) in [5, 5.41) is 3.16. The number of anilines is 1. The molecular weight excluding hydrogens is 390 g/mol. The van der Waals surface area contributed by atoms with Crippen LogP contribution in [-0.2, 0) is 6.18 Å². The summed E-state index contributed by atoms with van der Waals surface area (Å²) in [5.74, 6) is 0. The van der Waals surface area contributed by atoms with E-state index in [-0.39, 0.29) is 5.56 Å². The molecule has 0 radical (unpaired) electrons. The van der Waals surface area contributed by atoms with Crippen LogP contribution in [0, 0.1) is 10.5 Å². The molecule has 0 saturated heterocycles. The molecule has 0 heterocycles. The van der Waals surface area contributed by atoms with E-state index < -0.39 is 17.8 Å². The van der Waals surface area contributed by atoms with Gasteiger partial charge in [-0.2, -0.15) is 13.2 Å². The summed E-state index contributed by atoms with van der Waals surface area (Å²) in [4.78, 5) is 0. The predicted molar refractivity (Wildman–Crippen MR) is 87.4 cm³/mol. The maximum Gasteiger partial charge on any atom is 0.416 e. The second-order valence-corrected chi connectivity index (χ2v) is 6.16. The first-order valence-corrected chi connectivity index (χ1v) is 7.55. The SMILES string of the molecule is Cc1cc(I)ccc1NC(C)c1ccccc1C(F)(F)F. The maximum atomic E-state index is 13.1. The lowest BCUT2D eigenvalue weighted by molar-refractivity contribution is -0.138. The number of benzene rings is 2. The molecule has 0 saturated carbocycles. The van der Waals surface area contributed by atoms with Gasteiger partial charge in [-0.3, -0.25) is 0 Å². The van der Waals surface area contributed by atoms with Crippen LogP contribution in [-0.4, -0.2) is 0 Å². The number of nitrogens with one attached hydrogen (secondary N) is 1. The standard InChI is InChI=1S/C16H15F3IN/c1-10-9-12(20)7-8-15(10)21-11(2)13-5-3-4-6-14(13)16(17,18)19/h3-9,11,21H,1-2H3. The van der Waals surface area contributed by atoms with E-state index in [1.54, 1.807) is 13.0 Å². The minimum Gasteiger partial charge on any atom is -0.378 e. The quantitative estimate of drug-likeness (QED) is 0.638. The largest absolute Gasteiger partial charge is 0.416 e. The van der Waals surface area contributed by atoms with E-state index in [9.17, 15) is 13.2 Å². The lowest BCUT2D eigenvalue weighted by atomic mass is 10.0. The number of rotatable bonds is 3. The third-order valence-electron chi connectivity index (χ3n) is 3.29. The van der Waals surface area contributed by atoms with E-state index in [0.29, 0.717) is 0 Å². The Morgan fingerprint density at radius 1 is 1.10 bits per heavy atom. The highest BCUT2D eigenvalue weighted by molar-refractivity contribution is 14.1. The molecule has 2 aromatic rings. The molecule has 2 rings (SSSR count). The van der Waals surface area contributed by atoms with E-state index in [1.807, 2.05) is 25.1 Å². The van der Waals surface area contributed by atoms with Crippen LogP contribution < -0.4 is 5.32 Å². The second-order valence-electron chi connectivity index (χ2n) is 4.91. The van der Waals surface area contributed by atoms with Crippen molar-refractivity contribution in [3.05, 3.63) is 62.7 Å². The fourth-order valence-corrected chi connectivity index (χ4v) is 2.88. The molecule has 0 bridgehead atoms. The Bertz CT molecular complexity index is 638. The first-order chi connectivity index (χ1) is 9.79. The summed E-state index contributed by atoms with van der Waals surface area (Å²) in [7, 11) is 0. The number of alkyl halides is 3. The van der Waals surface area contributed by atoms with E-state index in [2.05, 4.69) is 27.9 Å². The Morgan fingerprint density at radius 2 is 1.76 bits per heavy atom. The lowest BCUT2D eigenvalue weighted by Gasteiger charge is -2.21. The van der Waals surface area contributed by atoms with Crippen LogP contribution in [0.3, 0.4) is 0 Å². The highest BCUT2D eigenvalue weighted by Crippen LogP contribution is 2.35. The minimum atomic E-state index is -4.34. The van der Waals surface area contributed by atoms with Crippen molar-refractivity contribution in [1.29, 1.82) is 0 Å². The van der Waals surface area contributed by atoms with Crippen molar-refractivity contribution >= 4 is 28.3 Å². The molecule has 1 atom stereocenters. The van der Waals surface area contributed by atoms with Crippen molar-refractivity contribution in [3.63, 3.8) is 0 Å². The molecule has 21 heavy (non-hydrogen) atoms. The van der Waals surface area contributed by atoms with Gasteiger partial charge in [-0.05, 0) is 71.8 Å². The summed E-state index contributed by atoms with van der Waals surface area (Å²) in [6, 6.07) is 11.1. The van der Waals surface area contributed by atoms with Crippen LogP contribution in [0.25, 0.3) is 0 Å². The predicted octanol–water partition coefficient (Wildman–Crippen LogP) is 5.79. The van der Waals surface area contributed by atoms with Gasteiger partial charge in [0.2, 0.25) is 0 Å². The van der Waals surface area contributed by atoms with Gasteiger partial charge in [0.05, 0.1) is 5.56 Å². The molecule has 0 amide bonds. The monoisotopic (exact) mass is 405 g/mol. The smallest absolute Gasteiger partial charge is 0.378 e. The van der Waals surface area contributed by atoms with Gasteiger partial charge < -0.3 is 5.32 Å². The minimum absolute atomic E-state index is 0.253. The van der Waals surface area contributed by atoms with Gasteiger partial charge in [-0.25, -0.2) is 0 Å². The average molecular weight is 405 g/mol. The van der Waals surface area contributed by atoms with Crippen molar-refractivity contribution in [1.82, 2.24) is 0 Å². The Kier molecular flexibility index (Phi) is 4.81. The third-order valence-corrected chi connectivity index (χ3v) is 3.96. The van der Waals surface area contributed by atoms with Gasteiger partial charge in [0, 0.05) is 15.3 Å². The van der Waals surface area contributed by atoms with Crippen molar-refractivity contribution in [2.45, 2.75) is 26.1 Å². The Hall–Kier alpha value is -1.24. The van der Waals surface area contributed by atoms with Gasteiger partial charge in [0.15, 0.2) is 0 Å². The van der Waals surface area contributed by atoms with Crippen LogP contribution in [0.2, 0.25) is 0 Å². The van der Waals surface area contributed by atoms with Crippen molar-refractivity contribution in [2.75, 3.05) is 5.32 Å². The molecule has 1 unspecified atom stereocenters. The van der Waals surface area contributed by atoms with Gasteiger partial charge >= 0.3 is 6.18 Å². The molecule has 5 heteroatoms. The summed E-state index contributed by atoms with van der Waals surface area (Å²) in [6.07, 6.45) is -4.34. The zero-order chi connectivity index (χ0) is 15.6. The van der Waals surface area contributed by atoms with Crippen LogP contribution in [0.15, 0.2) is 42.5 Å². The van der Waals surface area contributed by atoms with Gasteiger partial charge in [-0.1, -0.05) is 18.2 Å². The van der Waals surface area contributed by atoms with E-state index in [1.165, 1.54) is 12.1 Å². The summed E-state index contributed by atoms with van der Waals surface area (Å²) in [5.41, 5.74) is 1.52. The molecule has 0 aliphatic rings. The average Bonchev–Trinajstić information content (AvgIpc) is 2.41. The Morgan fingerprint density at radius 3 is 2.38 bits per heavy atom. The molecule has 2 aromatic carbocycles. The molecule has 1 N–H and O–H groups in total. The van der Waals surface area contributed by atoms with Crippen LogP contribution >= 0.6 is 22.6 Å². The van der Waals surface area contributed by atoms with Crippen molar-refractivity contribution < 1.29 is 13.2 Å². The molecule has 0 spiro atoms. The summed E-state index contributed by atoms with van der Waals surface area (Å²) >= 11 is 2.21. The zero-order valence-corrected chi connectivity index (χ0v) is 13.8. The molecule has 0 aromatic heterocycles. The highest BCUT2D eigenvalue weighted by atomic mass is 127. The number of aryl methyl sites for hydroxylation is 1. The Balaban J connectivity index is 2.31. The highest BCUT2D eigenvalue weighted by Gasteiger charge is 2.34. The molecule has 0 aliphatic heterocycles. The Labute approximate surface area is 135 Å².